The molecule has 7 heteroatoms. The van der Waals surface area contributed by atoms with Gasteiger partial charge >= 0.3 is 0 Å². The van der Waals surface area contributed by atoms with Crippen LogP contribution in [0.1, 0.15) is 18.1 Å². The van der Waals surface area contributed by atoms with Crippen molar-refractivity contribution in [1.29, 1.82) is 0 Å². The van der Waals surface area contributed by atoms with Gasteiger partial charge in [-0.2, -0.15) is 0 Å². The summed E-state index contributed by atoms with van der Waals surface area (Å²) in [5.74, 6) is 0.637. The molecule has 0 aliphatic carbocycles. The summed E-state index contributed by atoms with van der Waals surface area (Å²) in [4.78, 5) is 14.5. The van der Waals surface area contributed by atoms with E-state index in [4.69, 9.17) is 40.2 Å². The Balaban J connectivity index is 1.73. The highest BCUT2D eigenvalue weighted by molar-refractivity contribution is 8.26. The topological polar surface area (TPSA) is 29.5 Å². The van der Waals surface area contributed by atoms with E-state index in [1.807, 2.05) is 43.3 Å². The summed E-state index contributed by atoms with van der Waals surface area (Å²) >= 11 is 18.6. The number of hydrogen-bond acceptors (Lipinski definition) is 4. The number of nitrogens with zero attached hydrogens (tertiary/aromatic N) is 1. The number of likely N-dealkylation sites (N-methyl/N-ethyl adjacent to an activating group) is 1. The maximum atomic E-state index is 12.3. The Bertz CT molecular complexity index is 899. The van der Waals surface area contributed by atoms with E-state index in [1.54, 1.807) is 17.0 Å². The Morgan fingerprint density at radius 1 is 1.23 bits per heavy atom. The molecule has 0 spiro atoms. The summed E-state index contributed by atoms with van der Waals surface area (Å²) in [7, 11) is 0. The van der Waals surface area contributed by atoms with Crippen LogP contribution in [0.3, 0.4) is 0 Å². The molecule has 0 atom stereocenters. The molecule has 1 aliphatic heterocycles. The zero-order valence-electron chi connectivity index (χ0n) is 13.9. The highest BCUT2D eigenvalue weighted by Crippen LogP contribution is 2.32. The van der Waals surface area contributed by atoms with Crippen molar-refractivity contribution in [2.75, 3.05) is 6.54 Å². The molecule has 1 fully saturated rings. The van der Waals surface area contributed by atoms with Crippen LogP contribution in [0.15, 0.2) is 47.4 Å². The number of benzene rings is 2. The van der Waals surface area contributed by atoms with Crippen molar-refractivity contribution < 1.29 is 9.53 Å². The van der Waals surface area contributed by atoms with E-state index >= 15 is 0 Å². The number of carbonyl (C=O) groups excluding carboxylic acids is 1. The lowest BCUT2D eigenvalue weighted by molar-refractivity contribution is -0.121. The third kappa shape index (κ3) is 4.41. The minimum atomic E-state index is -0.0539. The van der Waals surface area contributed by atoms with Gasteiger partial charge in [-0.1, -0.05) is 65.4 Å². The lowest BCUT2D eigenvalue weighted by Crippen LogP contribution is -2.27. The third-order valence-corrected chi connectivity index (χ3v) is 5.72. The molecule has 2 aromatic carbocycles. The van der Waals surface area contributed by atoms with Crippen LogP contribution < -0.4 is 4.74 Å². The molecule has 26 heavy (non-hydrogen) atoms. The minimum absolute atomic E-state index is 0.0539. The zero-order chi connectivity index (χ0) is 18.7. The molecule has 0 saturated carbocycles. The Morgan fingerprint density at radius 2 is 2.04 bits per heavy atom. The number of hydrogen-bond donors (Lipinski definition) is 0. The molecule has 1 aliphatic rings. The summed E-state index contributed by atoms with van der Waals surface area (Å²) in [5.41, 5.74) is 1.73. The molecule has 1 saturated heterocycles. The van der Waals surface area contributed by atoms with Crippen molar-refractivity contribution in [2.45, 2.75) is 13.5 Å². The summed E-state index contributed by atoms with van der Waals surface area (Å²) in [6.07, 6.45) is 1.83. The van der Waals surface area contributed by atoms with Crippen molar-refractivity contribution >= 4 is 63.5 Å². The van der Waals surface area contributed by atoms with Gasteiger partial charge in [-0.05, 0) is 42.8 Å². The van der Waals surface area contributed by atoms with Gasteiger partial charge in [0.05, 0.1) is 4.91 Å². The first-order valence-electron chi connectivity index (χ1n) is 7.90. The SMILES string of the molecule is CCN1C(=O)/C(=C\c2cccc(OCc3ccc(Cl)cc3Cl)c2)SC1=S. The molecular formula is C19H15Cl2NO2S2. The van der Waals surface area contributed by atoms with Gasteiger partial charge in [0, 0.05) is 22.2 Å². The van der Waals surface area contributed by atoms with Crippen LogP contribution in [0.2, 0.25) is 10.0 Å². The number of thioether (sulfide) groups is 1. The average Bonchev–Trinajstić information content (AvgIpc) is 2.87. The van der Waals surface area contributed by atoms with Gasteiger partial charge < -0.3 is 4.74 Å². The predicted octanol–water partition coefficient (Wildman–Crippen LogP) is 5.79. The average molecular weight is 424 g/mol. The van der Waals surface area contributed by atoms with Crippen LogP contribution in [0.5, 0.6) is 5.75 Å². The second-order valence-corrected chi connectivity index (χ2v) is 8.04. The molecule has 3 rings (SSSR count). The van der Waals surface area contributed by atoms with Crippen molar-refractivity contribution in [2.24, 2.45) is 0 Å². The van der Waals surface area contributed by atoms with E-state index in [2.05, 4.69) is 0 Å². The van der Waals surface area contributed by atoms with Gasteiger partial charge in [-0.15, -0.1) is 0 Å². The van der Waals surface area contributed by atoms with Gasteiger partial charge in [0.25, 0.3) is 5.91 Å². The fourth-order valence-electron chi connectivity index (χ4n) is 2.42. The summed E-state index contributed by atoms with van der Waals surface area (Å²) < 4.78 is 6.41. The van der Waals surface area contributed by atoms with E-state index in [0.29, 0.717) is 38.2 Å². The Morgan fingerprint density at radius 3 is 2.73 bits per heavy atom. The van der Waals surface area contributed by atoms with E-state index in [1.165, 1.54) is 11.8 Å². The fraction of sp³-hybridized carbons (Fsp3) is 0.158. The maximum absolute atomic E-state index is 12.3. The number of carbonyl (C=O) groups is 1. The molecule has 1 heterocycles. The molecule has 0 unspecified atom stereocenters. The molecule has 1 amide bonds. The normalized spacial score (nSPS) is 15.8. The molecule has 0 aromatic heterocycles. The third-order valence-electron chi connectivity index (χ3n) is 3.76. The summed E-state index contributed by atoms with van der Waals surface area (Å²) in [6, 6.07) is 12.8. The zero-order valence-corrected chi connectivity index (χ0v) is 17.0. The number of ether oxygens (including phenoxy) is 1. The van der Waals surface area contributed by atoms with Crippen molar-refractivity contribution in [3.8, 4) is 5.75 Å². The second-order valence-electron chi connectivity index (χ2n) is 5.52. The number of rotatable bonds is 5. The van der Waals surface area contributed by atoms with Crippen LogP contribution in [0.25, 0.3) is 6.08 Å². The van der Waals surface area contributed by atoms with Gasteiger partial charge in [0.1, 0.15) is 16.7 Å². The van der Waals surface area contributed by atoms with Crippen LogP contribution in [0.4, 0.5) is 0 Å². The standard InChI is InChI=1S/C19H15Cl2NO2S2/c1-2-22-18(23)17(26-19(22)25)9-12-4-3-5-15(8-12)24-11-13-6-7-14(20)10-16(13)21/h3-10H,2,11H2,1H3/b17-9+. The fourth-order valence-corrected chi connectivity index (χ4v) is 4.27. The number of halogens is 2. The molecular weight excluding hydrogens is 409 g/mol. The van der Waals surface area contributed by atoms with Gasteiger partial charge in [0.15, 0.2) is 0 Å². The minimum Gasteiger partial charge on any atom is -0.489 e. The van der Waals surface area contributed by atoms with Crippen LogP contribution >= 0.6 is 47.2 Å². The maximum Gasteiger partial charge on any atom is 0.266 e. The second kappa shape index (κ2) is 8.44. The predicted molar refractivity (Wildman–Crippen MR) is 113 cm³/mol. The number of amides is 1. The Kier molecular flexibility index (Phi) is 6.24. The molecule has 0 radical (unpaired) electrons. The molecule has 3 nitrogen and oxygen atoms in total. The quantitative estimate of drug-likeness (QED) is 0.449. The van der Waals surface area contributed by atoms with E-state index in [9.17, 15) is 4.79 Å². The van der Waals surface area contributed by atoms with Crippen LogP contribution in [-0.2, 0) is 11.4 Å². The van der Waals surface area contributed by atoms with E-state index in [0.717, 1.165) is 11.1 Å². The van der Waals surface area contributed by atoms with Crippen LogP contribution in [0, 0.1) is 0 Å². The summed E-state index contributed by atoms with van der Waals surface area (Å²) in [5, 5.41) is 1.15. The Hall–Kier alpha value is -1.53. The van der Waals surface area contributed by atoms with Crippen molar-refractivity contribution in [3.05, 3.63) is 68.5 Å². The first kappa shape index (κ1) is 19.2. The highest BCUT2D eigenvalue weighted by Gasteiger charge is 2.30. The molecule has 2 aromatic rings. The largest absolute Gasteiger partial charge is 0.489 e. The monoisotopic (exact) mass is 423 g/mol. The summed E-state index contributed by atoms with van der Waals surface area (Å²) in [6.45, 7) is 2.81. The smallest absolute Gasteiger partial charge is 0.266 e. The van der Waals surface area contributed by atoms with Crippen molar-refractivity contribution in [1.82, 2.24) is 4.90 Å². The Labute approximate surface area is 171 Å². The van der Waals surface area contributed by atoms with Crippen LogP contribution in [-0.4, -0.2) is 21.7 Å². The van der Waals surface area contributed by atoms with Crippen molar-refractivity contribution in [3.63, 3.8) is 0 Å². The van der Waals surface area contributed by atoms with Gasteiger partial charge in [-0.3, -0.25) is 9.69 Å². The lowest BCUT2D eigenvalue weighted by atomic mass is 10.2. The van der Waals surface area contributed by atoms with Gasteiger partial charge in [-0.25, -0.2) is 0 Å². The number of thiocarbonyl (C=S) groups is 1. The molecule has 134 valence electrons. The van der Waals surface area contributed by atoms with E-state index < -0.39 is 0 Å². The molecule has 0 bridgehead atoms. The highest BCUT2D eigenvalue weighted by atomic mass is 35.5. The van der Waals surface area contributed by atoms with Gasteiger partial charge in [0.2, 0.25) is 0 Å². The lowest BCUT2D eigenvalue weighted by Gasteiger charge is -2.10. The first-order valence-corrected chi connectivity index (χ1v) is 9.88. The van der Waals surface area contributed by atoms with E-state index in [-0.39, 0.29) is 5.91 Å². The molecule has 0 N–H and O–H groups in total. The first-order chi connectivity index (χ1) is 12.5.